The third-order valence-electron chi connectivity index (χ3n) is 4.28. The van der Waals surface area contributed by atoms with Crippen molar-refractivity contribution in [3.05, 3.63) is 87.9 Å². The lowest BCUT2D eigenvalue weighted by Crippen LogP contribution is -2.40. The fraction of sp³-hybridized carbons (Fsp3) is 0.0909. The second kappa shape index (κ2) is 11.6. The van der Waals surface area contributed by atoms with Crippen LogP contribution >= 0.6 is 70.0 Å². The molecule has 190 valence electrons. The molecule has 0 spiro atoms. The van der Waals surface area contributed by atoms with Gasteiger partial charge in [-0.15, -0.1) is 0 Å². The Morgan fingerprint density at radius 2 is 1.53 bits per heavy atom. The van der Waals surface area contributed by atoms with E-state index in [-0.39, 0.29) is 32.8 Å². The predicted molar refractivity (Wildman–Crippen MR) is 138 cm³/mol. The molecule has 0 aromatic heterocycles. The maximum absolute atomic E-state index is 12.9. The van der Waals surface area contributed by atoms with E-state index < -0.39 is 26.8 Å². The van der Waals surface area contributed by atoms with Crippen LogP contribution in [0.5, 0.6) is 11.5 Å². The highest BCUT2D eigenvalue weighted by atomic mass is 35.6. The van der Waals surface area contributed by atoms with Gasteiger partial charge < -0.3 is 4.74 Å². The summed E-state index contributed by atoms with van der Waals surface area (Å²) in [5.41, 5.74) is -0.683. The molecule has 36 heavy (non-hydrogen) atoms. The first kappa shape index (κ1) is 28.6. The zero-order valence-electron chi connectivity index (χ0n) is 17.5. The van der Waals surface area contributed by atoms with E-state index in [2.05, 4.69) is 5.32 Å². The number of halogens is 8. The summed E-state index contributed by atoms with van der Waals surface area (Å²) in [5, 5.41) is 2.04. The van der Waals surface area contributed by atoms with Gasteiger partial charge in [0.2, 0.25) is 0 Å². The van der Waals surface area contributed by atoms with Crippen LogP contribution in [0.1, 0.15) is 15.9 Å². The van der Waals surface area contributed by atoms with Crippen molar-refractivity contribution in [2.75, 3.05) is 4.31 Å². The molecule has 3 rings (SSSR count). The summed E-state index contributed by atoms with van der Waals surface area (Å²) < 4.78 is 43.0. The smallest absolute Gasteiger partial charge is 0.416 e. The number of imide groups is 1. The summed E-state index contributed by atoms with van der Waals surface area (Å²) in [6.07, 6.45) is -4.55. The normalized spacial score (nSPS) is 11.7. The Labute approximate surface area is 232 Å². The largest absolute Gasteiger partial charge is 0.456 e. The van der Waals surface area contributed by atoms with Gasteiger partial charge in [-0.05, 0) is 54.6 Å². The molecular formula is C22H12Cl5F3N2O3S. The van der Waals surface area contributed by atoms with Crippen molar-refractivity contribution in [2.24, 2.45) is 0 Å². The lowest BCUT2D eigenvalue weighted by Gasteiger charge is -2.24. The Balaban J connectivity index is 1.80. The quantitative estimate of drug-likeness (QED) is 0.229. The second-order valence-electron chi connectivity index (χ2n) is 6.81. The molecule has 0 aliphatic carbocycles. The van der Waals surface area contributed by atoms with Gasteiger partial charge in [0, 0.05) is 11.9 Å². The number of rotatable bonds is 5. The highest BCUT2D eigenvalue weighted by Crippen LogP contribution is 2.43. The molecule has 3 aromatic rings. The highest BCUT2D eigenvalue weighted by Gasteiger charge is 2.32. The molecular weight excluding hydrogens is 607 g/mol. The molecule has 0 unspecified atom stereocenters. The Morgan fingerprint density at radius 1 is 0.889 bits per heavy atom. The third kappa shape index (κ3) is 7.74. The minimum atomic E-state index is -4.55. The molecule has 14 heteroatoms. The highest BCUT2D eigenvalue weighted by molar-refractivity contribution is 8.06. The molecule has 0 aliphatic rings. The van der Waals surface area contributed by atoms with Crippen molar-refractivity contribution < 1.29 is 27.5 Å². The van der Waals surface area contributed by atoms with E-state index in [1.807, 2.05) is 0 Å². The number of anilines is 1. The van der Waals surface area contributed by atoms with Crippen LogP contribution in [0.3, 0.4) is 0 Å². The van der Waals surface area contributed by atoms with Crippen molar-refractivity contribution in [1.82, 2.24) is 5.32 Å². The maximum atomic E-state index is 12.9. The Morgan fingerprint density at radius 3 is 2.08 bits per heavy atom. The Bertz CT molecular complexity index is 1270. The van der Waals surface area contributed by atoms with Crippen molar-refractivity contribution in [2.45, 2.75) is 9.30 Å². The van der Waals surface area contributed by atoms with Gasteiger partial charge in [0.05, 0.1) is 26.9 Å². The number of amides is 3. The van der Waals surface area contributed by atoms with Gasteiger partial charge >= 0.3 is 12.2 Å². The van der Waals surface area contributed by atoms with Crippen LogP contribution in [0.25, 0.3) is 0 Å². The molecule has 0 saturated heterocycles. The average Bonchev–Trinajstić information content (AvgIpc) is 2.78. The SMILES string of the molecule is O=C(NC(=O)N(SC(Cl)(Cl)Cl)c1ccc(Oc2ccc(C(F)(F)F)cc2Cl)cc1)c1ccccc1Cl. The lowest BCUT2D eigenvalue weighted by atomic mass is 10.2. The van der Waals surface area contributed by atoms with E-state index in [0.717, 1.165) is 22.5 Å². The average molecular weight is 619 g/mol. The van der Waals surface area contributed by atoms with Gasteiger partial charge in [-0.25, -0.2) is 9.10 Å². The Kier molecular flexibility index (Phi) is 9.19. The first-order valence-electron chi connectivity index (χ1n) is 9.55. The van der Waals surface area contributed by atoms with E-state index in [1.165, 1.54) is 36.4 Å². The number of hydrogen-bond donors (Lipinski definition) is 1. The van der Waals surface area contributed by atoms with Gasteiger partial charge in [-0.2, -0.15) is 13.2 Å². The summed E-state index contributed by atoms with van der Waals surface area (Å²) in [7, 11) is 0. The minimum absolute atomic E-state index is 0.0204. The van der Waals surface area contributed by atoms with Crippen LogP contribution in [0.15, 0.2) is 66.7 Å². The number of alkyl halides is 6. The van der Waals surface area contributed by atoms with Gasteiger partial charge in [-0.1, -0.05) is 70.1 Å². The maximum Gasteiger partial charge on any atom is 0.416 e. The zero-order chi connectivity index (χ0) is 26.7. The van der Waals surface area contributed by atoms with E-state index in [4.69, 9.17) is 62.7 Å². The third-order valence-corrected chi connectivity index (χ3v) is 6.29. The summed E-state index contributed by atoms with van der Waals surface area (Å²) in [6.45, 7) is 0. The Hall–Kier alpha value is -2.01. The van der Waals surface area contributed by atoms with Crippen LogP contribution < -0.4 is 14.4 Å². The second-order valence-corrected chi connectivity index (χ2v) is 11.7. The fourth-order valence-electron chi connectivity index (χ4n) is 2.71. The number of nitrogens with one attached hydrogen (secondary N) is 1. The van der Waals surface area contributed by atoms with E-state index in [1.54, 1.807) is 12.1 Å². The molecule has 0 radical (unpaired) electrons. The number of nitrogens with zero attached hydrogens (tertiary/aromatic N) is 1. The van der Waals surface area contributed by atoms with Gasteiger partial charge in [-0.3, -0.25) is 10.1 Å². The molecule has 0 fully saturated rings. The standard InChI is InChI=1S/C22H12Cl5F3N2O3S/c23-16-4-2-1-3-15(16)19(33)31-20(34)32(36-22(25,26)27)13-6-8-14(9-7-13)35-18-10-5-12(11-17(18)24)21(28,29)30/h1-11H,(H,31,33,34). The molecule has 1 N–H and O–H groups in total. The van der Waals surface area contributed by atoms with Gasteiger partial charge in [0.15, 0.2) is 0 Å². The molecule has 0 bridgehead atoms. The van der Waals surface area contributed by atoms with Crippen LogP contribution in [0.4, 0.5) is 23.7 Å². The van der Waals surface area contributed by atoms with E-state index in [0.29, 0.717) is 11.9 Å². The number of ether oxygens (including phenoxy) is 1. The predicted octanol–water partition coefficient (Wildman–Crippen LogP) is 9.14. The van der Waals surface area contributed by atoms with E-state index >= 15 is 0 Å². The van der Waals surface area contributed by atoms with Crippen molar-refractivity contribution in [1.29, 1.82) is 0 Å². The molecule has 3 aromatic carbocycles. The molecule has 0 atom stereocenters. The number of carbonyl (C=O) groups is 2. The fourth-order valence-corrected chi connectivity index (χ4v) is 4.34. The van der Waals surface area contributed by atoms with Crippen molar-refractivity contribution in [3.8, 4) is 11.5 Å². The van der Waals surface area contributed by atoms with Crippen LogP contribution in [-0.4, -0.2) is 15.1 Å². The summed E-state index contributed by atoms with van der Waals surface area (Å²) in [4.78, 5) is 25.4. The van der Waals surface area contributed by atoms with Crippen LogP contribution in [0, 0.1) is 0 Å². The minimum Gasteiger partial charge on any atom is -0.456 e. The molecule has 3 amide bonds. The first-order valence-corrected chi connectivity index (χ1v) is 12.2. The number of hydrogen-bond acceptors (Lipinski definition) is 4. The molecule has 5 nitrogen and oxygen atoms in total. The molecule has 0 heterocycles. The number of urea groups is 1. The topological polar surface area (TPSA) is 58.6 Å². The van der Waals surface area contributed by atoms with Crippen LogP contribution in [-0.2, 0) is 6.18 Å². The van der Waals surface area contributed by atoms with Crippen LogP contribution in [0.2, 0.25) is 10.0 Å². The molecule has 0 aliphatic heterocycles. The summed E-state index contributed by atoms with van der Waals surface area (Å²) in [5.74, 6) is -0.614. The van der Waals surface area contributed by atoms with Crippen molar-refractivity contribution in [3.63, 3.8) is 0 Å². The zero-order valence-corrected chi connectivity index (χ0v) is 22.1. The van der Waals surface area contributed by atoms with Gasteiger partial charge in [0.25, 0.3) is 9.03 Å². The summed E-state index contributed by atoms with van der Waals surface area (Å²) >= 11 is 29.9. The number of benzene rings is 3. The monoisotopic (exact) mass is 616 g/mol. The number of carbonyl (C=O) groups excluding carboxylic acids is 2. The summed E-state index contributed by atoms with van der Waals surface area (Å²) in [6, 6.07) is 13.4. The first-order chi connectivity index (χ1) is 16.7. The lowest BCUT2D eigenvalue weighted by molar-refractivity contribution is -0.137. The van der Waals surface area contributed by atoms with E-state index in [9.17, 15) is 22.8 Å². The van der Waals surface area contributed by atoms with Crippen molar-refractivity contribution >= 4 is 87.6 Å². The van der Waals surface area contributed by atoms with Gasteiger partial charge in [0.1, 0.15) is 11.5 Å². The molecule has 0 saturated carbocycles.